The largest absolute Gasteiger partial charge is 0.350 e. The highest BCUT2D eigenvalue weighted by atomic mass is 16.2. The molecule has 2 N–H and O–H groups in total. The molecule has 2 fully saturated rings. The highest BCUT2D eigenvalue weighted by Gasteiger charge is 2.35. The zero-order valence-electron chi connectivity index (χ0n) is 11.4. The van der Waals surface area contributed by atoms with Crippen LogP contribution >= 0.6 is 0 Å². The van der Waals surface area contributed by atoms with Crippen LogP contribution in [0.15, 0.2) is 0 Å². The fourth-order valence-electron chi connectivity index (χ4n) is 3.20. The van der Waals surface area contributed by atoms with Gasteiger partial charge in [-0.25, -0.2) is 0 Å². The van der Waals surface area contributed by atoms with Gasteiger partial charge in [-0.1, -0.05) is 19.3 Å². The maximum absolute atomic E-state index is 12.1. The maximum atomic E-state index is 12.1. The normalized spacial score (nSPS) is 33.9. The van der Waals surface area contributed by atoms with E-state index >= 15 is 0 Å². The summed E-state index contributed by atoms with van der Waals surface area (Å²) in [6.45, 7) is 7.15. The Hall–Kier alpha value is -0.570. The number of hydrogen-bond acceptors (Lipinski definition) is 2. The molecule has 1 heterocycles. The third-order valence-corrected chi connectivity index (χ3v) is 4.05. The molecule has 98 valence electrons. The summed E-state index contributed by atoms with van der Waals surface area (Å²) < 4.78 is 0. The topological polar surface area (TPSA) is 41.1 Å². The van der Waals surface area contributed by atoms with Gasteiger partial charge in [0.2, 0.25) is 5.91 Å². The van der Waals surface area contributed by atoms with Crippen molar-refractivity contribution < 1.29 is 4.79 Å². The van der Waals surface area contributed by atoms with Crippen LogP contribution in [0.3, 0.4) is 0 Å². The van der Waals surface area contributed by atoms with Crippen molar-refractivity contribution >= 4 is 5.91 Å². The van der Waals surface area contributed by atoms with E-state index in [4.69, 9.17) is 0 Å². The van der Waals surface area contributed by atoms with Gasteiger partial charge in [0, 0.05) is 5.54 Å². The molecule has 3 heteroatoms. The first-order valence-electron chi connectivity index (χ1n) is 7.01. The Morgan fingerprint density at radius 1 is 1.18 bits per heavy atom. The van der Waals surface area contributed by atoms with Crippen molar-refractivity contribution in [3.05, 3.63) is 0 Å². The lowest BCUT2D eigenvalue weighted by Gasteiger charge is -2.40. The molecule has 0 aromatic heterocycles. The van der Waals surface area contributed by atoms with Gasteiger partial charge in [-0.15, -0.1) is 0 Å². The lowest BCUT2D eigenvalue weighted by molar-refractivity contribution is -0.126. The van der Waals surface area contributed by atoms with Crippen molar-refractivity contribution in [1.82, 2.24) is 10.6 Å². The van der Waals surface area contributed by atoms with Gasteiger partial charge in [0.1, 0.15) is 0 Å². The Bertz CT molecular complexity index is 282. The maximum Gasteiger partial charge on any atom is 0.237 e. The van der Waals surface area contributed by atoms with Crippen LogP contribution in [0.4, 0.5) is 0 Å². The Kier molecular flexibility index (Phi) is 3.76. The van der Waals surface area contributed by atoms with Gasteiger partial charge in [-0.2, -0.15) is 0 Å². The summed E-state index contributed by atoms with van der Waals surface area (Å²) in [5.41, 5.74) is -0.123. The van der Waals surface area contributed by atoms with Gasteiger partial charge in [0.25, 0.3) is 0 Å². The van der Waals surface area contributed by atoms with Gasteiger partial charge in [0.15, 0.2) is 0 Å². The summed E-state index contributed by atoms with van der Waals surface area (Å²) in [6.07, 6.45) is 6.44. The average Bonchev–Trinajstić information content (AvgIpc) is 2.26. The second-order valence-corrected chi connectivity index (χ2v) is 6.74. The molecule has 1 aliphatic heterocycles. The van der Waals surface area contributed by atoms with Crippen LogP contribution in [-0.2, 0) is 4.79 Å². The number of fused-ring (bicyclic) bond motifs is 1. The molecule has 3 atom stereocenters. The summed E-state index contributed by atoms with van der Waals surface area (Å²) >= 11 is 0. The van der Waals surface area contributed by atoms with Crippen LogP contribution in [0, 0.1) is 11.8 Å². The van der Waals surface area contributed by atoms with Crippen LogP contribution in [0.2, 0.25) is 0 Å². The summed E-state index contributed by atoms with van der Waals surface area (Å²) in [5, 5.41) is 6.51. The number of hydrogen-bond donors (Lipinski definition) is 2. The molecule has 0 bridgehead atoms. The third kappa shape index (κ3) is 3.44. The van der Waals surface area contributed by atoms with Crippen LogP contribution in [0.25, 0.3) is 0 Å². The van der Waals surface area contributed by atoms with E-state index in [1.165, 1.54) is 25.7 Å². The summed E-state index contributed by atoms with van der Waals surface area (Å²) in [5.74, 6) is 1.78. The lowest BCUT2D eigenvalue weighted by Crippen LogP contribution is -2.55. The van der Waals surface area contributed by atoms with Gasteiger partial charge < -0.3 is 10.6 Å². The Balaban J connectivity index is 1.89. The molecule has 0 spiro atoms. The fourth-order valence-corrected chi connectivity index (χ4v) is 3.20. The Morgan fingerprint density at radius 3 is 2.47 bits per heavy atom. The van der Waals surface area contributed by atoms with Crippen molar-refractivity contribution in [3.63, 3.8) is 0 Å². The van der Waals surface area contributed by atoms with Crippen molar-refractivity contribution in [1.29, 1.82) is 0 Å². The first kappa shape index (κ1) is 12.9. The van der Waals surface area contributed by atoms with Gasteiger partial charge in [-0.3, -0.25) is 4.79 Å². The van der Waals surface area contributed by atoms with E-state index in [1.807, 2.05) is 20.8 Å². The molecule has 1 amide bonds. The van der Waals surface area contributed by atoms with Crippen molar-refractivity contribution in [2.45, 2.75) is 64.5 Å². The first-order chi connectivity index (χ1) is 7.96. The van der Waals surface area contributed by atoms with E-state index in [2.05, 4.69) is 10.6 Å². The SMILES string of the molecule is CC(C)(C)NC(=O)[C@H]1C[C@@H]2CCCC[C@@H]2CN1. The van der Waals surface area contributed by atoms with E-state index in [0.29, 0.717) is 0 Å². The van der Waals surface area contributed by atoms with Crippen molar-refractivity contribution in [3.8, 4) is 0 Å². The molecule has 3 nitrogen and oxygen atoms in total. The highest BCUT2D eigenvalue weighted by Crippen LogP contribution is 2.35. The number of carbonyl (C=O) groups is 1. The van der Waals surface area contributed by atoms with Gasteiger partial charge in [-0.05, 0) is 52.0 Å². The average molecular weight is 238 g/mol. The third-order valence-electron chi connectivity index (χ3n) is 4.05. The number of carbonyl (C=O) groups excluding carboxylic acids is 1. The predicted molar refractivity (Wildman–Crippen MR) is 69.8 cm³/mol. The number of rotatable bonds is 1. The second kappa shape index (κ2) is 4.97. The smallest absolute Gasteiger partial charge is 0.237 e. The molecule has 1 aliphatic carbocycles. The van der Waals surface area contributed by atoms with Crippen LogP contribution in [-0.4, -0.2) is 24.0 Å². The molecule has 17 heavy (non-hydrogen) atoms. The quantitative estimate of drug-likeness (QED) is 0.734. The van der Waals surface area contributed by atoms with E-state index in [0.717, 1.165) is 24.8 Å². The second-order valence-electron chi connectivity index (χ2n) is 6.74. The van der Waals surface area contributed by atoms with E-state index in [1.54, 1.807) is 0 Å². The Morgan fingerprint density at radius 2 is 1.82 bits per heavy atom. The van der Waals surface area contributed by atoms with Gasteiger partial charge >= 0.3 is 0 Å². The minimum atomic E-state index is -0.123. The van der Waals surface area contributed by atoms with E-state index in [-0.39, 0.29) is 17.5 Å². The highest BCUT2D eigenvalue weighted by molar-refractivity contribution is 5.82. The monoisotopic (exact) mass is 238 g/mol. The summed E-state index contributed by atoms with van der Waals surface area (Å²) in [6, 6.07) is 0.0357. The molecule has 0 aromatic rings. The molecular weight excluding hydrogens is 212 g/mol. The first-order valence-corrected chi connectivity index (χ1v) is 7.01. The van der Waals surface area contributed by atoms with E-state index in [9.17, 15) is 4.79 Å². The number of amides is 1. The summed E-state index contributed by atoms with van der Waals surface area (Å²) in [7, 11) is 0. The lowest BCUT2D eigenvalue weighted by atomic mass is 9.73. The summed E-state index contributed by atoms with van der Waals surface area (Å²) in [4.78, 5) is 12.1. The van der Waals surface area contributed by atoms with Crippen LogP contribution in [0.1, 0.15) is 52.9 Å². The molecule has 0 unspecified atom stereocenters. The molecule has 1 saturated heterocycles. The molecular formula is C14H26N2O. The van der Waals surface area contributed by atoms with E-state index < -0.39 is 0 Å². The van der Waals surface area contributed by atoms with Crippen LogP contribution in [0.5, 0.6) is 0 Å². The zero-order chi connectivity index (χ0) is 12.5. The molecule has 1 saturated carbocycles. The number of nitrogens with one attached hydrogen (secondary N) is 2. The number of piperidine rings is 1. The van der Waals surface area contributed by atoms with Crippen LogP contribution < -0.4 is 10.6 Å². The molecule has 2 aliphatic rings. The predicted octanol–water partition coefficient (Wildman–Crippen LogP) is 2.07. The molecule has 2 rings (SSSR count). The fraction of sp³-hybridized carbons (Fsp3) is 0.929. The standard InChI is InChI=1S/C14H26N2O/c1-14(2,3)16-13(17)12-8-10-6-4-5-7-11(10)9-15-12/h10-12,15H,4-9H2,1-3H3,(H,16,17)/t10-,11+,12+/m0/s1. The minimum Gasteiger partial charge on any atom is -0.350 e. The van der Waals surface area contributed by atoms with Crippen molar-refractivity contribution in [2.24, 2.45) is 11.8 Å². The van der Waals surface area contributed by atoms with Gasteiger partial charge in [0.05, 0.1) is 6.04 Å². The van der Waals surface area contributed by atoms with Crippen molar-refractivity contribution in [2.75, 3.05) is 6.54 Å². The Labute approximate surface area is 105 Å². The molecule has 0 aromatic carbocycles. The minimum absolute atomic E-state index is 0.0357. The molecule has 0 radical (unpaired) electrons. The zero-order valence-corrected chi connectivity index (χ0v) is 11.4.